The van der Waals surface area contributed by atoms with Crippen LogP contribution in [0.25, 0.3) is 0 Å². The molecule has 0 unspecified atom stereocenters. The highest BCUT2D eigenvalue weighted by Gasteiger charge is 2.28. The molecular weight excluding hydrogens is 277 g/mol. The number of hydrogen-bond acceptors (Lipinski definition) is 2. The van der Waals surface area contributed by atoms with Crippen LogP contribution in [0, 0.1) is 5.82 Å². The third-order valence-corrected chi connectivity index (χ3v) is 5.37. The first-order valence-corrected chi connectivity index (χ1v) is 7.87. The van der Waals surface area contributed by atoms with Gasteiger partial charge < -0.3 is 0 Å². The minimum absolute atomic E-state index is 0.000556. The van der Waals surface area contributed by atoms with Crippen molar-refractivity contribution in [3.8, 4) is 0 Å². The fraction of sp³-hybridized carbons (Fsp3) is 0.500. The van der Waals surface area contributed by atoms with E-state index in [1.165, 1.54) is 16.4 Å². The average molecular weight is 292 g/mol. The molecule has 0 saturated carbocycles. The normalized spacial score (nSPS) is 17.9. The molecule has 1 aliphatic heterocycles. The molecule has 1 aromatic carbocycles. The van der Waals surface area contributed by atoms with Crippen molar-refractivity contribution < 1.29 is 12.8 Å². The summed E-state index contributed by atoms with van der Waals surface area (Å²) in [6.07, 6.45) is 2.74. The van der Waals surface area contributed by atoms with Crippen LogP contribution in [-0.4, -0.2) is 25.8 Å². The van der Waals surface area contributed by atoms with E-state index in [1.807, 2.05) is 0 Å². The van der Waals surface area contributed by atoms with Crippen LogP contribution in [0.3, 0.4) is 0 Å². The maximum Gasteiger partial charge on any atom is 0.243 e. The van der Waals surface area contributed by atoms with E-state index in [0.29, 0.717) is 18.7 Å². The van der Waals surface area contributed by atoms with E-state index in [2.05, 4.69) is 0 Å². The Balaban J connectivity index is 2.42. The number of benzene rings is 1. The predicted molar refractivity (Wildman–Crippen MR) is 68.6 cm³/mol. The molecular formula is C12H15ClFNO2S. The summed E-state index contributed by atoms with van der Waals surface area (Å²) in [5.41, 5.74) is 0.448. The lowest BCUT2D eigenvalue weighted by Gasteiger charge is -2.26. The molecule has 1 heterocycles. The van der Waals surface area contributed by atoms with E-state index in [0.717, 1.165) is 25.3 Å². The summed E-state index contributed by atoms with van der Waals surface area (Å²) in [5.74, 6) is -0.498. The Morgan fingerprint density at radius 2 is 1.89 bits per heavy atom. The Bertz CT molecular complexity index is 527. The van der Waals surface area contributed by atoms with Crippen LogP contribution < -0.4 is 0 Å². The van der Waals surface area contributed by atoms with Gasteiger partial charge in [0.25, 0.3) is 0 Å². The van der Waals surface area contributed by atoms with E-state index >= 15 is 0 Å². The monoisotopic (exact) mass is 291 g/mol. The molecule has 1 saturated heterocycles. The second kappa shape index (κ2) is 5.55. The van der Waals surface area contributed by atoms with Gasteiger partial charge >= 0.3 is 0 Å². The van der Waals surface area contributed by atoms with Crippen molar-refractivity contribution in [2.75, 3.05) is 13.1 Å². The van der Waals surface area contributed by atoms with Crippen LogP contribution in [0.4, 0.5) is 4.39 Å². The van der Waals surface area contributed by atoms with Crippen molar-refractivity contribution in [1.29, 1.82) is 0 Å². The van der Waals surface area contributed by atoms with Gasteiger partial charge in [0.15, 0.2) is 0 Å². The molecule has 2 rings (SSSR count). The molecule has 1 aliphatic rings. The Morgan fingerprint density at radius 1 is 1.22 bits per heavy atom. The van der Waals surface area contributed by atoms with Crippen molar-refractivity contribution in [3.05, 3.63) is 29.6 Å². The van der Waals surface area contributed by atoms with Crippen LogP contribution in [-0.2, 0) is 15.9 Å². The molecule has 1 aromatic rings. The maximum absolute atomic E-state index is 13.3. The molecule has 0 N–H and O–H groups in total. The largest absolute Gasteiger partial charge is 0.243 e. The first kappa shape index (κ1) is 13.8. The lowest BCUT2D eigenvalue weighted by Crippen LogP contribution is -2.36. The second-order valence-corrected chi connectivity index (χ2v) is 6.52. The van der Waals surface area contributed by atoms with Gasteiger partial charge in [-0.2, -0.15) is 4.31 Å². The molecule has 0 aliphatic carbocycles. The quantitative estimate of drug-likeness (QED) is 0.803. The van der Waals surface area contributed by atoms with E-state index < -0.39 is 15.8 Å². The number of halogens is 2. The SMILES string of the molecule is O=S(=O)(c1cc(F)ccc1CCl)N1CCCCC1. The van der Waals surface area contributed by atoms with Crippen molar-refractivity contribution in [2.45, 2.75) is 30.0 Å². The van der Waals surface area contributed by atoms with Gasteiger partial charge in [-0.3, -0.25) is 0 Å². The van der Waals surface area contributed by atoms with Crippen molar-refractivity contribution in [1.82, 2.24) is 4.31 Å². The maximum atomic E-state index is 13.3. The number of sulfonamides is 1. The summed E-state index contributed by atoms with van der Waals surface area (Å²) in [6.45, 7) is 1.00. The molecule has 0 amide bonds. The van der Waals surface area contributed by atoms with E-state index in [-0.39, 0.29) is 10.8 Å². The Morgan fingerprint density at radius 3 is 2.50 bits per heavy atom. The molecule has 0 aromatic heterocycles. The number of nitrogens with zero attached hydrogens (tertiary/aromatic N) is 1. The lowest BCUT2D eigenvalue weighted by atomic mass is 10.2. The van der Waals surface area contributed by atoms with Gasteiger partial charge in [0.1, 0.15) is 5.82 Å². The van der Waals surface area contributed by atoms with Crippen molar-refractivity contribution in [3.63, 3.8) is 0 Å². The average Bonchev–Trinajstić information content (AvgIpc) is 2.39. The summed E-state index contributed by atoms with van der Waals surface area (Å²) in [6, 6.07) is 3.72. The van der Waals surface area contributed by atoms with Gasteiger partial charge in [-0.1, -0.05) is 12.5 Å². The van der Waals surface area contributed by atoms with Gasteiger partial charge in [0.05, 0.1) is 4.90 Å². The first-order chi connectivity index (χ1) is 8.55. The third kappa shape index (κ3) is 2.68. The van der Waals surface area contributed by atoms with Crippen molar-refractivity contribution in [2.24, 2.45) is 0 Å². The molecule has 3 nitrogen and oxygen atoms in total. The zero-order valence-electron chi connectivity index (χ0n) is 9.90. The molecule has 0 atom stereocenters. The zero-order chi connectivity index (χ0) is 13.2. The van der Waals surface area contributed by atoms with Crippen molar-refractivity contribution >= 4 is 21.6 Å². The molecule has 18 heavy (non-hydrogen) atoms. The smallest absolute Gasteiger partial charge is 0.207 e. The molecule has 0 radical (unpaired) electrons. The summed E-state index contributed by atoms with van der Waals surface area (Å²) < 4.78 is 39.5. The van der Waals surface area contributed by atoms with Crippen LogP contribution in [0.15, 0.2) is 23.1 Å². The van der Waals surface area contributed by atoms with Crippen LogP contribution in [0.2, 0.25) is 0 Å². The van der Waals surface area contributed by atoms with Crippen LogP contribution >= 0.6 is 11.6 Å². The van der Waals surface area contributed by atoms with Gasteiger partial charge in [-0.25, -0.2) is 12.8 Å². The highest BCUT2D eigenvalue weighted by molar-refractivity contribution is 7.89. The summed E-state index contributed by atoms with van der Waals surface area (Å²) in [7, 11) is -3.62. The number of alkyl halides is 1. The van der Waals surface area contributed by atoms with Crippen LogP contribution in [0.1, 0.15) is 24.8 Å². The molecule has 100 valence electrons. The minimum Gasteiger partial charge on any atom is -0.207 e. The highest BCUT2D eigenvalue weighted by atomic mass is 35.5. The fourth-order valence-corrected chi connectivity index (χ4v) is 4.19. The van der Waals surface area contributed by atoms with Crippen LogP contribution in [0.5, 0.6) is 0 Å². The molecule has 0 bridgehead atoms. The number of piperidine rings is 1. The lowest BCUT2D eigenvalue weighted by molar-refractivity contribution is 0.346. The van der Waals surface area contributed by atoms with Gasteiger partial charge in [-0.05, 0) is 30.5 Å². The summed E-state index contributed by atoms with van der Waals surface area (Å²) in [4.78, 5) is -0.000556. The zero-order valence-corrected chi connectivity index (χ0v) is 11.5. The van der Waals surface area contributed by atoms with E-state index in [9.17, 15) is 12.8 Å². The Hall–Kier alpha value is -0.650. The predicted octanol–water partition coefficient (Wildman–Crippen LogP) is 2.74. The fourth-order valence-electron chi connectivity index (χ4n) is 2.12. The van der Waals surface area contributed by atoms with Gasteiger partial charge in [-0.15, -0.1) is 11.6 Å². The summed E-state index contributed by atoms with van der Waals surface area (Å²) in [5, 5.41) is 0. The molecule has 1 fully saturated rings. The Labute approximate surface area is 112 Å². The Kier molecular flexibility index (Phi) is 4.25. The first-order valence-electron chi connectivity index (χ1n) is 5.90. The third-order valence-electron chi connectivity index (χ3n) is 3.11. The van der Waals surface area contributed by atoms with E-state index in [1.54, 1.807) is 0 Å². The number of rotatable bonds is 3. The van der Waals surface area contributed by atoms with E-state index in [4.69, 9.17) is 11.6 Å². The topological polar surface area (TPSA) is 37.4 Å². The standard InChI is InChI=1S/C12H15ClFNO2S/c13-9-10-4-5-11(14)8-12(10)18(16,17)15-6-2-1-3-7-15/h4-5,8H,1-3,6-7,9H2. The molecule has 0 spiro atoms. The number of hydrogen-bond donors (Lipinski definition) is 0. The minimum atomic E-state index is -3.62. The second-order valence-electron chi connectivity index (χ2n) is 4.35. The van der Waals surface area contributed by atoms with Gasteiger partial charge in [0.2, 0.25) is 10.0 Å². The molecule has 6 heteroatoms. The van der Waals surface area contributed by atoms with Gasteiger partial charge in [0, 0.05) is 19.0 Å². The highest BCUT2D eigenvalue weighted by Crippen LogP contribution is 2.25. The summed E-state index contributed by atoms with van der Waals surface area (Å²) >= 11 is 5.72.